The van der Waals surface area contributed by atoms with Crippen LogP contribution in [0.5, 0.6) is 0 Å². The number of hydrogen-bond acceptors (Lipinski definition) is 4. The molecule has 4 nitrogen and oxygen atoms in total. The Hall–Kier alpha value is 0.491. The van der Waals surface area contributed by atoms with Crippen molar-refractivity contribution in [3.8, 4) is 0 Å². The maximum atomic E-state index is 11.3. The Morgan fingerprint density at radius 1 is 0.457 bits per heavy atom. The lowest BCUT2D eigenvalue weighted by Crippen LogP contribution is -2.56. The summed E-state index contributed by atoms with van der Waals surface area (Å²) in [6, 6.07) is 2.82. The van der Waals surface area contributed by atoms with Crippen LogP contribution >= 0.6 is 0 Å². The van der Waals surface area contributed by atoms with Crippen molar-refractivity contribution in [3.63, 3.8) is 0 Å². The van der Waals surface area contributed by atoms with Gasteiger partial charge in [0.05, 0.1) is 0 Å². The fourth-order valence-corrected chi connectivity index (χ4v) is 17.8. The molecule has 0 rings (SSSR count). The molecule has 0 heterocycles. The fourth-order valence-electron chi connectivity index (χ4n) is 4.98. The van der Waals surface area contributed by atoms with Crippen molar-refractivity contribution in [1.29, 1.82) is 0 Å². The molecule has 0 aliphatic carbocycles. The Kier molecular flexibility index (Phi) is 21.7. The van der Waals surface area contributed by atoms with Crippen LogP contribution in [-0.2, 0) is 12.7 Å². The Morgan fingerprint density at radius 2 is 0.800 bits per heavy atom. The summed E-state index contributed by atoms with van der Waals surface area (Å²) in [5.74, 6) is 0. The molecule has 0 radical (unpaired) electrons. The van der Waals surface area contributed by atoms with Crippen molar-refractivity contribution in [2.75, 3.05) is 7.11 Å². The Bertz CT molecular complexity index is 481. The van der Waals surface area contributed by atoms with E-state index >= 15 is 0 Å². The first kappa shape index (κ1) is 35.5. The monoisotopic (exact) mass is 548 g/mol. The minimum absolute atomic E-state index is 0.824. The Labute approximate surface area is 224 Å². The topological polar surface area (TPSA) is 47.9 Å². The summed E-state index contributed by atoms with van der Waals surface area (Å²) in [5.41, 5.74) is 0. The smallest absolute Gasteiger partial charge is 0.325 e. The Morgan fingerprint density at radius 3 is 1.20 bits per heavy atom. The highest BCUT2D eigenvalue weighted by atomic mass is 28.5. The van der Waals surface area contributed by atoms with Gasteiger partial charge < -0.3 is 17.5 Å². The van der Waals surface area contributed by atoms with E-state index < -0.39 is 25.7 Å². The third-order valence-electron chi connectivity index (χ3n) is 7.26. The molecule has 0 bridgehead atoms. The molecule has 0 amide bonds. The van der Waals surface area contributed by atoms with Crippen LogP contribution in [0.1, 0.15) is 136 Å². The molecule has 0 spiro atoms. The summed E-state index contributed by atoms with van der Waals surface area (Å²) >= 11 is 0. The minimum Gasteiger partial charge on any atom is -0.415 e. The van der Waals surface area contributed by atoms with Gasteiger partial charge in [-0.15, -0.1) is 0 Å². The zero-order chi connectivity index (χ0) is 26.5. The standard InChI is InChI=1S/C28H64O4Si3/c1-8-11-14-17-20-23-26-33(5,29)31-35(7,28-25-22-19-16-13-10-3)32-34(6,30-4)27-24-21-18-15-12-9-2/h29H,8-28H2,1-7H3. The van der Waals surface area contributed by atoms with Gasteiger partial charge in [-0.2, -0.15) is 0 Å². The van der Waals surface area contributed by atoms with Gasteiger partial charge >= 0.3 is 25.7 Å². The third kappa shape index (κ3) is 20.2. The van der Waals surface area contributed by atoms with Crippen molar-refractivity contribution in [1.82, 2.24) is 0 Å². The number of rotatable bonds is 26. The number of unbranched alkanes of at least 4 members (excludes halogenated alkanes) is 15. The van der Waals surface area contributed by atoms with Gasteiger partial charge in [-0.05, 0) is 37.8 Å². The van der Waals surface area contributed by atoms with Gasteiger partial charge in [0.25, 0.3) is 0 Å². The molecule has 0 aliphatic rings. The normalized spacial score (nSPS) is 17.1. The summed E-state index contributed by atoms with van der Waals surface area (Å²) in [5, 5.41) is 0. The molecular weight excluding hydrogens is 485 g/mol. The second-order valence-corrected chi connectivity index (χ2v) is 21.8. The van der Waals surface area contributed by atoms with Gasteiger partial charge in [-0.3, -0.25) is 0 Å². The van der Waals surface area contributed by atoms with Crippen molar-refractivity contribution < 1.29 is 17.5 Å². The van der Waals surface area contributed by atoms with E-state index in [9.17, 15) is 4.80 Å². The molecule has 0 aliphatic heterocycles. The minimum atomic E-state index is -2.75. The molecular formula is C28H64O4Si3. The van der Waals surface area contributed by atoms with E-state index in [-0.39, 0.29) is 0 Å². The van der Waals surface area contributed by atoms with Crippen LogP contribution in [0.2, 0.25) is 37.8 Å². The first-order chi connectivity index (χ1) is 16.7. The SMILES string of the molecule is CCCCCCCC[Si](C)(O)O[Si](C)(CCCCCCCC)O[Si](C)(CCCCCCCC)OC. The molecule has 35 heavy (non-hydrogen) atoms. The van der Waals surface area contributed by atoms with Crippen LogP contribution < -0.4 is 0 Å². The molecule has 0 fully saturated rings. The zero-order valence-electron chi connectivity index (χ0n) is 25.0. The molecule has 3 unspecified atom stereocenters. The summed E-state index contributed by atoms with van der Waals surface area (Å²) in [4.78, 5) is 11.3. The van der Waals surface area contributed by atoms with Crippen molar-refractivity contribution in [3.05, 3.63) is 0 Å². The maximum Gasteiger partial charge on any atom is 0.325 e. The van der Waals surface area contributed by atoms with E-state index in [0.29, 0.717) is 0 Å². The average molecular weight is 549 g/mol. The summed E-state index contributed by atoms with van der Waals surface area (Å²) in [7, 11) is -5.76. The van der Waals surface area contributed by atoms with Crippen LogP contribution in [0.3, 0.4) is 0 Å². The molecule has 7 heteroatoms. The van der Waals surface area contributed by atoms with E-state index in [2.05, 4.69) is 33.9 Å². The lowest BCUT2D eigenvalue weighted by molar-refractivity contribution is 0.248. The van der Waals surface area contributed by atoms with Crippen LogP contribution in [0.4, 0.5) is 0 Å². The lowest BCUT2D eigenvalue weighted by atomic mass is 10.1. The molecule has 0 saturated carbocycles. The van der Waals surface area contributed by atoms with E-state index in [1.807, 2.05) is 13.7 Å². The van der Waals surface area contributed by atoms with Crippen molar-refractivity contribution >= 4 is 25.7 Å². The lowest BCUT2D eigenvalue weighted by Gasteiger charge is -2.40. The van der Waals surface area contributed by atoms with Crippen molar-refractivity contribution in [2.45, 2.75) is 174 Å². The summed E-state index contributed by atoms with van der Waals surface area (Å²) < 4.78 is 19.7. The predicted octanol–water partition coefficient (Wildman–Crippen LogP) is 9.96. The Balaban J connectivity index is 4.97. The van der Waals surface area contributed by atoms with Crippen LogP contribution in [0, 0.1) is 0 Å². The zero-order valence-corrected chi connectivity index (χ0v) is 28.0. The van der Waals surface area contributed by atoms with E-state index in [1.165, 1.54) is 103 Å². The van der Waals surface area contributed by atoms with Gasteiger partial charge in [0.2, 0.25) is 0 Å². The molecule has 212 valence electrons. The largest absolute Gasteiger partial charge is 0.415 e. The quantitative estimate of drug-likeness (QED) is 0.0862. The highest BCUT2D eigenvalue weighted by Gasteiger charge is 2.46. The maximum absolute atomic E-state index is 11.3. The molecule has 0 aromatic heterocycles. The van der Waals surface area contributed by atoms with Gasteiger partial charge in [0, 0.05) is 7.11 Å². The number of hydrogen-bond donors (Lipinski definition) is 1. The molecule has 1 N–H and O–H groups in total. The highest BCUT2D eigenvalue weighted by Crippen LogP contribution is 2.31. The summed E-state index contributed by atoms with van der Waals surface area (Å²) in [6.07, 6.45) is 22.7. The molecule has 3 atom stereocenters. The van der Waals surface area contributed by atoms with Gasteiger partial charge in [-0.25, -0.2) is 0 Å². The van der Waals surface area contributed by atoms with Crippen molar-refractivity contribution in [2.24, 2.45) is 0 Å². The third-order valence-corrected chi connectivity index (χ3v) is 18.9. The van der Waals surface area contributed by atoms with Crippen LogP contribution in [-0.4, -0.2) is 37.6 Å². The van der Waals surface area contributed by atoms with E-state index in [0.717, 1.165) is 31.0 Å². The first-order valence-corrected chi connectivity index (χ1v) is 22.9. The molecule has 0 aromatic carbocycles. The van der Waals surface area contributed by atoms with Crippen LogP contribution in [0.25, 0.3) is 0 Å². The second-order valence-electron chi connectivity index (χ2n) is 11.4. The van der Waals surface area contributed by atoms with E-state index in [4.69, 9.17) is 12.7 Å². The van der Waals surface area contributed by atoms with E-state index in [1.54, 1.807) is 0 Å². The van der Waals surface area contributed by atoms with Gasteiger partial charge in [0.15, 0.2) is 0 Å². The van der Waals surface area contributed by atoms with Crippen LogP contribution in [0.15, 0.2) is 0 Å². The van der Waals surface area contributed by atoms with Gasteiger partial charge in [-0.1, -0.05) is 136 Å². The predicted molar refractivity (Wildman–Crippen MR) is 161 cm³/mol. The molecule has 0 aromatic rings. The average Bonchev–Trinajstić information content (AvgIpc) is 2.80. The fraction of sp³-hybridized carbons (Fsp3) is 1.00. The molecule has 0 saturated heterocycles. The van der Waals surface area contributed by atoms with Gasteiger partial charge in [0.1, 0.15) is 0 Å². The second kappa shape index (κ2) is 21.4. The highest BCUT2D eigenvalue weighted by molar-refractivity contribution is 6.85. The summed E-state index contributed by atoms with van der Waals surface area (Å²) in [6.45, 7) is 13.2. The first-order valence-electron chi connectivity index (χ1n) is 15.3.